The van der Waals surface area contributed by atoms with Crippen molar-refractivity contribution in [3.8, 4) is 0 Å². The van der Waals surface area contributed by atoms with Crippen LogP contribution in [0.5, 0.6) is 0 Å². The Labute approximate surface area is 114 Å². The van der Waals surface area contributed by atoms with Crippen molar-refractivity contribution in [2.24, 2.45) is 11.8 Å². The molecule has 0 aliphatic heterocycles. The topological polar surface area (TPSA) is 12.0 Å². The molecule has 1 nitrogen and oxygen atoms in total. The maximum absolute atomic E-state index is 6.14. The van der Waals surface area contributed by atoms with Gasteiger partial charge in [-0.1, -0.05) is 48.7 Å². The molecule has 1 aromatic rings. The Bertz CT molecular complexity index is 378. The van der Waals surface area contributed by atoms with Crippen LogP contribution in [0.4, 0.5) is 0 Å². The van der Waals surface area contributed by atoms with Crippen molar-refractivity contribution in [1.82, 2.24) is 5.32 Å². The Morgan fingerprint density at radius 1 is 1.29 bits per heavy atom. The van der Waals surface area contributed by atoms with Crippen molar-refractivity contribution in [2.75, 3.05) is 6.54 Å². The molecule has 1 fully saturated rings. The van der Waals surface area contributed by atoms with E-state index in [0.29, 0.717) is 10.0 Å². The monoisotopic (exact) mass is 271 g/mol. The van der Waals surface area contributed by atoms with E-state index in [2.05, 4.69) is 12.2 Å². The summed E-state index contributed by atoms with van der Waals surface area (Å²) in [6.07, 6.45) is 4.10. The van der Waals surface area contributed by atoms with Crippen LogP contribution in [0, 0.1) is 11.8 Å². The lowest BCUT2D eigenvalue weighted by Gasteiger charge is -2.12. The number of hydrogen-bond acceptors (Lipinski definition) is 1. The number of hydrogen-bond donors (Lipinski definition) is 1. The first-order chi connectivity index (χ1) is 8.16. The number of rotatable bonds is 4. The van der Waals surface area contributed by atoms with Crippen LogP contribution < -0.4 is 5.32 Å². The highest BCUT2D eigenvalue weighted by molar-refractivity contribution is 6.42. The Balaban J connectivity index is 1.80. The molecule has 0 heterocycles. The number of halogens is 2. The molecule has 1 aromatic carbocycles. The molecule has 0 radical (unpaired) electrons. The Morgan fingerprint density at radius 2 is 2.12 bits per heavy atom. The fourth-order valence-corrected chi connectivity index (χ4v) is 2.99. The van der Waals surface area contributed by atoms with Crippen molar-refractivity contribution < 1.29 is 0 Å². The molecule has 94 valence electrons. The van der Waals surface area contributed by atoms with Crippen LogP contribution in [-0.2, 0) is 6.54 Å². The van der Waals surface area contributed by atoms with Gasteiger partial charge in [0.1, 0.15) is 0 Å². The molecule has 2 rings (SSSR count). The van der Waals surface area contributed by atoms with E-state index in [9.17, 15) is 0 Å². The third kappa shape index (κ3) is 3.61. The van der Waals surface area contributed by atoms with Crippen molar-refractivity contribution in [3.05, 3.63) is 33.8 Å². The molecular formula is C14H19Cl2N. The summed E-state index contributed by atoms with van der Waals surface area (Å²) >= 11 is 12.1. The lowest BCUT2D eigenvalue weighted by molar-refractivity contribution is 0.471. The zero-order valence-corrected chi connectivity index (χ0v) is 11.7. The van der Waals surface area contributed by atoms with E-state index in [-0.39, 0.29) is 0 Å². The van der Waals surface area contributed by atoms with E-state index in [1.54, 1.807) is 0 Å². The van der Waals surface area contributed by atoms with Gasteiger partial charge < -0.3 is 5.32 Å². The van der Waals surface area contributed by atoms with Gasteiger partial charge in [-0.15, -0.1) is 0 Å². The summed E-state index contributed by atoms with van der Waals surface area (Å²) in [5, 5.41) is 4.81. The van der Waals surface area contributed by atoms with Gasteiger partial charge in [0.2, 0.25) is 0 Å². The van der Waals surface area contributed by atoms with E-state index < -0.39 is 0 Å². The summed E-state index contributed by atoms with van der Waals surface area (Å²) in [7, 11) is 0. The largest absolute Gasteiger partial charge is 0.312 e. The van der Waals surface area contributed by atoms with Crippen molar-refractivity contribution in [3.63, 3.8) is 0 Å². The van der Waals surface area contributed by atoms with Crippen LogP contribution in [0.1, 0.15) is 31.7 Å². The fourth-order valence-electron chi connectivity index (χ4n) is 2.61. The third-order valence-electron chi connectivity index (χ3n) is 3.58. The maximum atomic E-state index is 6.14. The highest BCUT2D eigenvalue weighted by atomic mass is 35.5. The van der Waals surface area contributed by atoms with Crippen LogP contribution in [-0.4, -0.2) is 6.54 Å². The quantitative estimate of drug-likeness (QED) is 0.849. The average molecular weight is 272 g/mol. The van der Waals surface area contributed by atoms with Gasteiger partial charge in [-0.05, 0) is 42.9 Å². The van der Waals surface area contributed by atoms with Crippen LogP contribution in [0.3, 0.4) is 0 Å². The van der Waals surface area contributed by atoms with Gasteiger partial charge in [0.05, 0.1) is 10.0 Å². The summed E-state index contributed by atoms with van der Waals surface area (Å²) in [4.78, 5) is 0. The maximum Gasteiger partial charge on any atom is 0.0637 e. The number of benzene rings is 1. The smallest absolute Gasteiger partial charge is 0.0637 e. The second kappa shape index (κ2) is 6.08. The molecule has 0 amide bonds. The summed E-state index contributed by atoms with van der Waals surface area (Å²) in [6, 6.07) is 5.80. The van der Waals surface area contributed by atoms with Crippen LogP contribution in [0.2, 0.25) is 10.0 Å². The van der Waals surface area contributed by atoms with Gasteiger partial charge in [0, 0.05) is 6.54 Å². The molecule has 0 spiro atoms. The molecule has 0 bridgehead atoms. The van der Waals surface area contributed by atoms with Gasteiger partial charge >= 0.3 is 0 Å². The zero-order valence-electron chi connectivity index (χ0n) is 10.2. The molecule has 3 heteroatoms. The van der Waals surface area contributed by atoms with E-state index in [1.807, 2.05) is 18.2 Å². The molecule has 2 atom stereocenters. The SMILES string of the molecule is CC1CCC(CNCc2cccc(Cl)c2Cl)C1. The predicted octanol–water partition coefficient (Wildman–Crippen LogP) is 4.52. The van der Waals surface area contributed by atoms with Crippen molar-refractivity contribution in [2.45, 2.75) is 32.7 Å². The highest BCUT2D eigenvalue weighted by Crippen LogP contribution is 2.30. The van der Waals surface area contributed by atoms with Crippen LogP contribution in [0.15, 0.2) is 18.2 Å². The summed E-state index contributed by atoms with van der Waals surface area (Å²) in [5.41, 5.74) is 1.09. The lowest BCUT2D eigenvalue weighted by Crippen LogP contribution is -2.21. The molecule has 0 aromatic heterocycles. The highest BCUT2D eigenvalue weighted by Gasteiger charge is 2.20. The van der Waals surface area contributed by atoms with Gasteiger partial charge in [0.25, 0.3) is 0 Å². The molecule has 1 aliphatic carbocycles. The molecule has 0 saturated heterocycles. The number of nitrogens with one attached hydrogen (secondary N) is 1. The second-order valence-corrected chi connectivity index (χ2v) is 5.91. The summed E-state index contributed by atoms with van der Waals surface area (Å²) in [5.74, 6) is 1.74. The van der Waals surface area contributed by atoms with Crippen molar-refractivity contribution in [1.29, 1.82) is 0 Å². The second-order valence-electron chi connectivity index (χ2n) is 5.13. The fraction of sp³-hybridized carbons (Fsp3) is 0.571. The van der Waals surface area contributed by atoms with Gasteiger partial charge in [-0.3, -0.25) is 0 Å². The van der Waals surface area contributed by atoms with Gasteiger partial charge in [0.15, 0.2) is 0 Å². The third-order valence-corrected chi connectivity index (χ3v) is 4.44. The molecule has 1 aliphatic rings. The molecule has 2 unspecified atom stereocenters. The van der Waals surface area contributed by atoms with Crippen LogP contribution in [0.25, 0.3) is 0 Å². The first-order valence-electron chi connectivity index (χ1n) is 6.30. The first kappa shape index (κ1) is 13.2. The van der Waals surface area contributed by atoms with E-state index in [1.165, 1.54) is 19.3 Å². The van der Waals surface area contributed by atoms with E-state index >= 15 is 0 Å². The average Bonchev–Trinajstić information content (AvgIpc) is 2.70. The minimum absolute atomic E-state index is 0.639. The minimum Gasteiger partial charge on any atom is -0.312 e. The predicted molar refractivity (Wildman–Crippen MR) is 74.7 cm³/mol. The lowest BCUT2D eigenvalue weighted by atomic mass is 10.1. The molecular weight excluding hydrogens is 253 g/mol. The van der Waals surface area contributed by atoms with Gasteiger partial charge in [-0.2, -0.15) is 0 Å². The standard InChI is InChI=1S/C14H19Cl2N/c1-10-5-6-11(7-10)8-17-9-12-3-2-4-13(15)14(12)16/h2-4,10-11,17H,5-9H2,1H3. The Morgan fingerprint density at radius 3 is 2.82 bits per heavy atom. The molecule has 1 saturated carbocycles. The first-order valence-corrected chi connectivity index (χ1v) is 7.06. The van der Waals surface area contributed by atoms with Gasteiger partial charge in [-0.25, -0.2) is 0 Å². The summed E-state index contributed by atoms with van der Waals surface area (Å²) in [6.45, 7) is 4.24. The minimum atomic E-state index is 0.639. The molecule has 17 heavy (non-hydrogen) atoms. The molecule has 1 N–H and O–H groups in total. The zero-order chi connectivity index (χ0) is 12.3. The normalized spacial score (nSPS) is 24.2. The Kier molecular flexibility index (Phi) is 4.72. The Hall–Kier alpha value is -0.240. The van der Waals surface area contributed by atoms with E-state index in [0.717, 1.165) is 30.5 Å². The van der Waals surface area contributed by atoms with E-state index in [4.69, 9.17) is 23.2 Å². The summed E-state index contributed by atoms with van der Waals surface area (Å²) < 4.78 is 0. The van der Waals surface area contributed by atoms with Crippen LogP contribution >= 0.6 is 23.2 Å². The van der Waals surface area contributed by atoms with Crippen molar-refractivity contribution >= 4 is 23.2 Å².